The second-order valence-corrected chi connectivity index (χ2v) is 10.9. The number of hydrogen-bond donors (Lipinski definition) is 1. The predicted octanol–water partition coefficient (Wildman–Crippen LogP) is 2.99. The first-order valence-electron chi connectivity index (χ1n) is 12.9. The van der Waals surface area contributed by atoms with E-state index in [0.29, 0.717) is 44.2 Å². The quantitative estimate of drug-likeness (QED) is 0.393. The lowest BCUT2D eigenvalue weighted by atomic mass is 10.0. The maximum atomic E-state index is 13.6. The van der Waals surface area contributed by atoms with E-state index in [1.54, 1.807) is 0 Å². The van der Waals surface area contributed by atoms with Crippen LogP contribution in [0.2, 0.25) is 0 Å². The van der Waals surface area contributed by atoms with Crippen molar-refractivity contribution in [2.24, 2.45) is 0 Å². The molecule has 0 aliphatic carbocycles. The van der Waals surface area contributed by atoms with E-state index in [2.05, 4.69) is 5.32 Å². The van der Waals surface area contributed by atoms with E-state index in [9.17, 15) is 18.0 Å². The van der Waals surface area contributed by atoms with Crippen LogP contribution in [0.3, 0.4) is 0 Å². The van der Waals surface area contributed by atoms with E-state index < -0.39 is 16.1 Å². The summed E-state index contributed by atoms with van der Waals surface area (Å²) in [5.74, 6) is -0.326. The van der Waals surface area contributed by atoms with Crippen LogP contribution in [0.1, 0.15) is 24.1 Å². The van der Waals surface area contributed by atoms with Crippen LogP contribution < -0.4 is 10.1 Å². The van der Waals surface area contributed by atoms with Gasteiger partial charge in [0.2, 0.25) is 15.9 Å². The molecule has 1 heterocycles. The molecule has 0 unspecified atom stereocenters. The molecular weight excluding hydrogens is 518 g/mol. The van der Waals surface area contributed by atoms with Gasteiger partial charge in [0.05, 0.1) is 18.1 Å². The fourth-order valence-electron chi connectivity index (χ4n) is 4.35. The summed E-state index contributed by atoms with van der Waals surface area (Å²) < 4.78 is 38.2. The zero-order valence-electron chi connectivity index (χ0n) is 21.9. The van der Waals surface area contributed by atoms with Crippen molar-refractivity contribution in [3.05, 3.63) is 96.1 Å². The van der Waals surface area contributed by atoms with Crippen LogP contribution in [0.5, 0.6) is 5.75 Å². The van der Waals surface area contributed by atoms with Gasteiger partial charge in [-0.05, 0) is 42.3 Å². The van der Waals surface area contributed by atoms with Gasteiger partial charge in [-0.3, -0.25) is 9.59 Å². The number of carbonyl (C=O) groups is 2. The summed E-state index contributed by atoms with van der Waals surface area (Å²) >= 11 is 0. The summed E-state index contributed by atoms with van der Waals surface area (Å²) in [7, 11) is -3.64. The monoisotopic (exact) mass is 551 g/mol. The van der Waals surface area contributed by atoms with Gasteiger partial charge in [0.1, 0.15) is 11.8 Å². The van der Waals surface area contributed by atoms with Crippen LogP contribution in [-0.2, 0) is 30.9 Å². The lowest BCUT2D eigenvalue weighted by Crippen LogP contribution is -2.45. The summed E-state index contributed by atoms with van der Waals surface area (Å²) in [5.41, 5.74) is 1.55. The van der Waals surface area contributed by atoms with Crippen LogP contribution in [0, 0.1) is 0 Å². The molecule has 0 bridgehead atoms. The van der Waals surface area contributed by atoms with Crippen molar-refractivity contribution in [3.8, 4) is 5.75 Å². The maximum absolute atomic E-state index is 13.6. The van der Waals surface area contributed by atoms with Gasteiger partial charge in [-0.25, -0.2) is 8.42 Å². The maximum Gasteiger partial charge on any atom is 0.261 e. The molecule has 2 amide bonds. The second kappa shape index (κ2) is 13.4. The SMILES string of the molecule is CCNC(=O)[C@H](c1ccccc1)N(Cc1ccccc1)C(=O)COc1ccc(S(=O)(=O)N2CCOCC2)cc1. The topological polar surface area (TPSA) is 105 Å². The highest BCUT2D eigenvalue weighted by Gasteiger charge is 2.32. The fourth-order valence-corrected chi connectivity index (χ4v) is 5.76. The lowest BCUT2D eigenvalue weighted by Gasteiger charge is -2.31. The number of sulfonamides is 1. The van der Waals surface area contributed by atoms with Gasteiger partial charge in [0.15, 0.2) is 6.61 Å². The van der Waals surface area contributed by atoms with Gasteiger partial charge in [0, 0.05) is 26.2 Å². The van der Waals surface area contributed by atoms with Crippen LogP contribution in [0.15, 0.2) is 89.8 Å². The van der Waals surface area contributed by atoms with Crippen molar-refractivity contribution in [3.63, 3.8) is 0 Å². The van der Waals surface area contributed by atoms with Crippen molar-refractivity contribution >= 4 is 21.8 Å². The zero-order chi connectivity index (χ0) is 27.7. The van der Waals surface area contributed by atoms with E-state index in [1.807, 2.05) is 67.6 Å². The Kier molecular flexibility index (Phi) is 9.69. The number of likely N-dealkylation sites (N-methyl/N-ethyl adjacent to an activating group) is 1. The Morgan fingerprint density at radius 1 is 0.949 bits per heavy atom. The molecule has 1 aliphatic heterocycles. The summed E-state index contributed by atoms with van der Waals surface area (Å²) in [6, 6.07) is 23.7. The van der Waals surface area contributed by atoms with Gasteiger partial charge >= 0.3 is 0 Å². The summed E-state index contributed by atoms with van der Waals surface area (Å²) in [5, 5.41) is 2.84. The van der Waals surface area contributed by atoms with Crippen molar-refractivity contribution in [1.82, 2.24) is 14.5 Å². The number of nitrogens with one attached hydrogen (secondary N) is 1. The number of ether oxygens (including phenoxy) is 2. The van der Waals surface area contributed by atoms with Gasteiger partial charge in [-0.15, -0.1) is 0 Å². The molecular formula is C29H33N3O6S. The minimum Gasteiger partial charge on any atom is -0.484 e. The largest absolute Gasteiger partial charge is 0.484 e. The predicted molar refractivity (Wildman–Crippen MR) is 146 cm³/mol. The van der Waals surface area contributed by atoms with Gasteiger partial charge in [-0.1, -0.05) is 60.7 Å². The number of carbonyl (C=O) groups excluding carboxylic acids is 2. The molecule has 3 aromatic rings. The zero-order valence-corrected chi connectivity index (χ0v) is 22.7. The summed E-state index contributed by atoms with van der Waals surface area (Å²) in [4.78, 5) is 28.4. The Bertz CT molecular complexity index is 1330. The minimum atomic E-state index is -3.64. The fraction of sp³-hybridized carbons (Fsp3) is 0.310. The van der Waals surface area contributed by atoms with Gasteiger partial charge in [-0.2, -0.15) is 4.31 Å². The van der Waals surface area contributed by atoms with E-state index in [-0.39, 0.29) is 29.9 Å². The first-order valence-corrected chi connectivity index (χ1v) is 14.3. The molecule has 0 saturated carbocycles. The third kappa shape index (κ3) is 7.23. The molecule has 0 aromatic heterocycles. The second-order valence-electron chi connectivity index (χ2n) is 8.99. The van der Waals surface area contributed by atoms with Gasteiger partial charge < -0.3 is 19.7 Å². The summed E-state index contributed by atoms with van der Waals surface area (Å²) in [6.07, 6.45) is 0. The van der Waals surface area contributed by atoms with E-state index in [0.717, 1.165) is 5.56 Å². The number of hydrogen-bond acceptors (Lipinski definition) is 6. The molecule has 1 fully saturated rings. The standard InChI is InChI=1S/C29H33N3O6S/c1-2-30-29(34)28(24-11-7-4-8-12-24)32(21-23-9-5-3-6-10-23)27(33)22-38-25-13-15-26(16-14-25)39(35,36)31-17-19-37-20-18-31/h3-16,28H,2,17-22H2,1H3,(H,30,34)/t28-/m0/s1. The highest BCUT2D eigenvalue weighted by molar-refractivity contribution is 7.89. The molecule has 206 valence electrons. The number of morpholine rings is 1. The van der Waals surface area contributed by atoms with Gasteiger partial charge in [0.25, 0.3) is 5.91 Å². The number of nitrogens with zero attached hydrogens (tertiary/aromatic N) is 2. The number of amides is 2. The first kappa shape index (κ1) is 28.3. The molecule has 0 spiro atoms. The third-order valence-corrected chi connectivity index (χ3v) is 8.25. The number of rotatable bonds is 11. The van der Waals surface area contributed by atoms with E-state index >= 15 is 0 Å². The van der Waals surface area contributed by atoms with Crippen molar-refractivity contribution < 1.29 is 27.5 Å². The Hall–Kier alpha value is -3.73. The summed E-state index contributed by atoms with van der Waals surface area (Å²) in [6.45, 7) is 3.47. The van der Waals surface area contributed by atoms with Crippen LogP contribution >= 0.6 is 0 Å². The Balaban J connectivity index is 1.53. The molecule has 9 nitrogen and oxygen atoms in total. The first-order chi connectivity index (χ1) is 18.9. The highest BCUT2D eigenvalue weighted by Crippen LogP contribution is 2.25. The van der Waals surface area contributed by atoms with Crippen molar-refractivity contribution in [1.29, 1.82) is 0 Å². The molecule has 1 aliphatic rings. The van der Waals surface area contributed by atoms with Crippen molar-refractivity contribution in [2.75, 3.05) is 39.5 Å². The van der Waals surface area contributed by atoms with Crippen LogP contribution in [0.25, 0.3) is 0 Å². The number of benzene rings is 3. The van der Waals surface area contributed by atoms with Crippen LogP contribution in [0.4, 0.5) is 0 Å². The highest BCUT2D eigenvalue weighted by atomic mass is 32.2. The molecule has 10 heteroatoms. The third-order valence-electron chi connectivity index (χ3n) is 6.34. The average Bonchev–Trinajstić information content (AvgIpc) is 2.97. The average molecular weight is 552 g/mol. The van der Waals surface area contributed by atoms with Crippen molar-refractivity contribution in [2.45, 2.75) is 24.4 Å². The molecule has 1 N–H and O–H groups in total. The Morgan fingerprint density at radius 3 is 2.18 bits per heavy atom. The lowest BCUT2D eigenvalue weighted by molar-refractivity contribution is -0.143. The Labute approximate surface area is 229 Å². The minimum absolute atomic E-state index is 0.147. The molecule has 39 heavy (non-hydrogen) atoms. The molecule has 0 radical (unpaired) electrons. The molecule has 1 atom stereocenters. The smallest absolute Gasteiger partial charge is 0.261 e. The van der Waals surface area contributed by atoms with E-state index in [1.165, 1.54) is 33.5 Å². The normalized spacial score (nSPS) is 14.8. The Morgan fingerprint density at radius 2 is 1.56 bits per heavy atom. The van der Waals surface area contributed by atoms with Crippen LogP contribution in [-0.4, -0.2) is 68.9 Å². The molecule has 3 aromatic carbocycles. The van der Waals surface area contributed by atoms with E-state index in [4.69, 9.17) is 9.47 Å². The molecule has 1 saturated heterocycles. The molecule has 4 rings (SSSR count).